The van der Waals surface area contributed by atoms with Gasteiger partial charge in [-0.25, -0.2) is 0 Å². The summed E-state index contributed by atoms with van der Waals surface area (Å²) in [6.07, 6.45) is 4.60. The van der Waals surface area contributed by atoms with Gasteiger partial charge in [0.25, 0.3) is 0 Å². The lowest BCUT2D eigenvalue weighted by Gasteiger charge is -2.18. The van der Waals surface area contributed by atoms with Crippen LogP contribution in [-0.4, -0.2) is 224 Å². The van der Waals surface area contributed by atoms with Crippen LogP contribution in [0.4, 0.5) is 0 Å². The topological polar surface area (TPSA) is 376 Å². The molecule has 0 bridgehead atoms. The molecule has 0 aliphatic heterocycles. The number of rotatable bonds is 53. The lowest BCUT2D eigenvalue weighted by atomic mass is 9.90. The summed E-state index contributed by atoms with van der Waals surface area (Å²) in [6, 6.07) is 3.84. The summed E-state index contributed by atoms with van der Waals surface area (Å²) in [5.41, 5.74) is 11.5. The minimum Gasteiger partial charge on any atom is -0.464 e. The van der Waals surface area contributed by atoms with E-state index in [1.807, 2.05) is 125 Å². The third kappa shape index (κ3) is 105. The summed E-state index contributed by atoms with van der Waals surface area (Å²) < 4.78 is 4.95. The Labute approximate surface area is 717 Å². The lowest BCUT2D eigenvalue weighted by molar-refractivity contribution is -0.147. The molecule has 0 saturated heterocycles. The van der Waals surface area contributed by atoms with Crippen LogP contribution in [0, 0.1) is 59.2 Å². The predicted octanol–water partition coefficient (Wildman–Crippen LogP) is 12.1. The Morgan fingerprint density at radius 3 is 1.12 bits per heavy atom. The number of ketones is 6. The van der Waals surface area contributed by atoms with Gasteiger partial charge in [-0.15, -0.1) is 0 Å². The Balaban J connectivity index is -0.000000157. The molecule has 24 nitrogen and oxygen atoms in total. The zero-order valence-electron chi connectivity index (χ0n) is 80.6. The van der Waals surface area contributed by atoms with Gasteiger partial charge >= 0.3 is 5.97 Å². The van der Waals surface area contributed by atoms with Gasteiger partial charge in [-0.2, -0.15) is 12.6 Å². The molecule has 5 atom stereocenters. The summed E-state index contributed by atoms with van der Waals surface area (Å²) in [7, 11) is 0. The molecule has 0 spiro atoms. The Morgan fingerprint density at radius 2 is 0.739 bits per heavy atom. The number of thiol groups is 1. The Hall–Kier alpha value is -3.19. The van der Waals surface area contributed by atoms with E-state index in [0.717, 1.165) is 90.3 Å². The summed E-state index contributed by atoms with van der Waals surface area (Å²) in [6.45, 7) is 80.2. The SMILES string of the molecule is CC(C)NCC(N)CC(=O)C(C)C.CC(C)NCC(S)CC(=O)C(C)C.CC(C)NCCC(CCO)C(=O)C(C)C.CC(C)NCCC(N)C(=O)C(C)C.CC(C)NCCC(O)C(=O)C(C)C.CC(C)NCCCC(=O)C(C)C.CC(C)NCCNC(=O)C(C)C.CC(C)NCCOC(=O)C(C)C.CC(C)NCCSC(=O)C(C)C. The second kappa shape index (κ2) is 84.4. The van der Waals surface area contributed by atoms with Gasteiger partial charge in [0.15, 0.2) is 16.7 Å². The number of nitrogens with two attached hydrogens (primary N) is 2. The van der Waals surface area contributed by atoms with Crippen LogP contribution in [0.1, 0.15) is 301 Å². The Bertz CT molecular complexity index is 2120. The normalized spacial score (nSPS) is 12.6. The number of aliphatic hydroxyl groups is 2. The van der Waals surface area contributed by atoms with Gasteiger partial charge in [-0.3, -0.25) is 43.2 Å². The fourth-order valence-electron chi connectivity index (χ4n) is 8.63. The van der Waals surface area contributed by atoms with Gasteiger partial charge in [-0.05, 0) is 58.3 Å². The van der Waals surface area contributed by atoms with Crippen molar-refractivity contribution >= 4 is 76.1 Å². The molecule has 26 heteroatoms. The number of ether oxygens (including phenoxy) is 1. The van der Waals surface area contributed by atoms with Crippen LogP contribution >= 0.6 is 24.4 Å². The standard InChI is InChI=1S/C12H25NO2.2C10H22N2O.C10H21NO2.C10H21NOS.C10H21NO.C9H20N2O.C9H19NO2.C9H19NOS/c1-9(2)12(15)11(6-8-14)5-7-13-10(3)4;1-7(2)10(13)5-9(11)6-12-8(3)4;1-7(2)10(13)9(11)5-6-12-8(3)4;1-7(2)10(13)9(12)5-6-11-8(3)4;1-7(2)10(12)5-9(13)6-11-8(3)4;1-8(2)10(12)6-5-7-11-9(3)4;1-7(2)9(12)11-6-5-10-8(3)4;2*1-7(2)9(11)12-6-5-10-8(3)4/h9-11,13-14H,5-8H2,1-4H3;2*7-9,12H,5-6,11H2,1-4H3;7-9,11-12H,5-6H2,1-4H3;7-9,11,13H,5-6H2,1-4H3;8-9,11H,5-7H2,1-4H3;7-8,10H,5-6H2,1-4H3,(H,11,12);2*7-8,10H,5-6H2,1-4H3. The number of hydrogen-bond donors (Lipinski definition) is 15. The molecule has 0 aliphatic carbocycles. The van der Waals surface area contributed by atoms with Gasteiger partial charge in [0, 0.05) is 190 Å². The van der Waals surface area contributed by atoms with Crippen molar-refractivity contribution in [1.29, 1.82) is 0 Å². The summed E-state index contributed by atoms with van der Waals surface area (Å²) in [4.78, 5) is 101. The minimum atomic E-state index is -0.800. The van der Waals surface area contributed by atoms with Crippen molar-refractivity contribution in [2.75, 3.05) is 84.4 Å². The molecule has 0 heterocycles. The maximum Gasteiger partial charge on any atom is 0.308 e. The molecule has 0 radical (unpaired) electrons. The molecule has 115 heavy (non-hydrogen) atoms. The van der Waals surface area contributed by atoms with E-state index in [-0.39, 0.29) is 118 Å². The van der Waals surface area contributed by atoms with Crippen molar-refractivity contribution in [3.05, 3.63) is 0 Å². The molecular formula is C89H190N12O12S2. The third-order valence-corrected chi connectivity index (χ3v) is 17.6. The molecule has 0 aromatic carbocycles. The second-order valence-corrected chi connectivity index (χ2v) is 37.0. The summed E-state index contributed by atoms with van der Waals surface area (Å²) in [5, 5.41) is 50.7. The molecule has 16 N–H and O–H groups in total. The molecule has 690 valence electrons. The minimum absolute atomic E-state index is 0.0150. The predicted molar refractivity (Wildman–Crippen MR) is 496 cm³/mol. The molecule has 1 amide bonds. The number of nitrogens with one attached hydrogen (secondary N) is 10. The quantitative estimate of drug-likeness (QED) is 0.0153. The van der Waals surface area contributed by atoms with E-state index >= 15 is 0 Å². The molecule has 0 fully saturated rings. The van der Waals surface area contributed by atoms with Gasteiger partial charge in [0.2, 0.25) is 5.91 Å². The first-order valence-corrected chi connectivity index (χ1v) is 45.3. The van der Waals surface area contributed by atoms with Gasteiger partial charge in [0.05, 0.1) is 12.0 Å². The van der Waals surface area contributed by atoms with Crippen molar-refractivity contribution in [3.63, 3.8) is 0 Å². The number of thioether (sulfide) groups is 1. The average Bonchev–Trinajstić information content (AvgIpc) is 0.884. The zero-order valence-corrected chi connectivity index (χ0v) is 82.3. The van der Waals surface area contributed by atoms with E-state index in [2.05, 4.69) is 177 Å². The average molecular weight is 1680 g/mol. The highest BCUT2D eigenvalue weighted by atomic mass is 32.2. The number of Topliss-reactive ketones (excluding diaryl/α,β-unsaturated/α-hetero) is 6. The van der Waals surface area contributed by atoms with Gasteiger partial charge in [0.1, 0.15) is 35.8 Å². The van der Waals surface area contributed by atoms with E-state index < -0.39 is 6.10 Å². The van der Waals surface area contributed by atoms with Crippen LogP contribution in [-0.2, 0) is 47.9 Å². The fraction of sp³-hybridized carbons (Fsp3) is 0.899. The first kappa shape index (κ1) is 130. The highest BCUT2D eigenvalue weighted by Crippen LogP contribution is 2.15. The largest absolute Gasteiger partial charge is 0.464 e. The van der Waals surface area contributed by atoms with E-state index in [4.69, 9.17) is 21.3 Å². The fourth-order valence-corrected chi connectivity index (χ4v) is 9.67. The number of amides is 1. The van der Waals surface area contributed by atoms with Crippen LogP contribution in [0.25, 0.3) is 0 Å². The van der Waals surface area contributed by atoms with Crippen LogP contribution in [0.3, 0.4) is 0 Å². The second-order valence-electron chi connectivity index (χ2n) is 35.1. The third-order valence-electron chi connectivity index (χ3n) is 16.1. The van der Waals surface area contributed by atoms with Crippen molar-refractivity contribution in [1.82, 2.24) is 53.2 Å². The highest BCUT2D eigenvalue weighted by molar-refractivity contribution is 8.13. The smallest absolute Gasteiger partial charge is 0.308 e. The van der Waals surface area contributed by atoms with E-state index in [1.54, 1.807) is 13.8 Å². The number of hydrogen-bond acceptors (Lipinski definition) is 25. The van der Waals surface area contributed by atoms with Crippen molar-refractivity contribution in [2.45, 2.75) is 378 Å². The van der Waals surface area contributed by atoms with E-state index in [1.165, 1.54) is 11.8 Å². The van der Waals surface area contributed by atoms with Crippen molar-refractivity contribution in [3.8, 4) is 0 Å². The molecule has 0 saturated carbocycles. The van der Waals surface area contributed by atoms with Crippen molar-refractivity contribution < 1.29 is 58.1 Å². The maximum atomic E-state index is 11.8. The molecule has 5 unspecified atom stereocenters. The van der Waals surface area contributed by atoms with Crippen LogP contribution in [0.2, 0.25) is 0 Å². The summed E-state index contributed by atoms with van der Waals surface area (Å²) in [5.74, 6) is 2.89. The Kier molecular flexibility index (Phi) is 95.3. The first-order chi connectivity index (χ1) is 52.9. The molecular weight excluding hydrogens is 1490 g/mol. The van der Waals surface area contributed by atoms with Crippen molar-refractivity contribution in [2.24, 2.45) is 70.6 Å². The molecule has 0 aromatic heterocycles. The van der Waals surface area contributed by atoms with E-state index in [0.29, 0.717) is 110 Å². The van der Waals surface area contributed by atoms with Crippen LogP contribution in [0.5, 0.6) is 0 Å². The van der Waals surface area contributed by atoms with Crippen LogP contribution < -0.4 is 64.6 Å². The van der Waals surface area contributed by atoms with E-state index in [9.17, 15) is 48.3 Å². The molecule has 0 aliphatic rings. The number of esters is 1. The number of carbonyl (C=O) groups is 9. The van der Waals surface area contributed by atoms with Crippen LogP contribution in [0.15, 0.2) is 0 Å². The number of carbonyl (C=O) groups excluding carboxylic acids is 9. The Morgan fingerprint density at radius 1 is 0.365 bits per heavy atom. The lowest BCUT2D eigenvalue weighted by Crippen LogP contribution is -2.39. The molecule has 0 rings (SSSR count). The zero-order chi connectivity index (χ0) is 91.8. The first-order valence-electron chi connectivity index (χ1n) is 43.8. The highest BCUT2D eigenvalue weighted by Gasteiger charge is 2.22. The van der Waals surface area contributed by atoms with Gasteiger partial charge < -0.3 is 79.6 Å². The maximum absolute atomic E-state index is 11.8. The number of aliphatic hydroxyl groups excluding tert-OH is 2. The monoisotopic (exact) mass is 1680 g/mol. The molecule has 0 aromatic rings. The van der Waals surface area contributed by atoms with Gasteiger partial charge in [-0.1, -0.05) is 261 Å². The summed E-state index contributed by atoms with van der Waals surface area (Å²) >= 11 is 5.78.